The van der Waals surface area contributed by atoms with Crippen LogP contribution in [-0.4, -0.2) is 5.01 Å². The molecule has 2 heteroatoms. The summed E-state index contributed by atoms with van der Waals surface area (Å²) in [4.78, 5) is 0. The minimum Gasteiger partial charge on any atom is -0.268 e. The van der Waals surface area contributed by atoms with Gasteiger partial charge in [-0.05, 0) is 11.1 Å². The van der Waals surface area contributed by atoms with Gasteiger partial charge in [-0.25, -0.2) is 5.01 Å². The lowest BCUT2D eigenvalue weighted by Crippen LogP contribution is -2.23. The normalized spacial score (nSPS) is 17.3. The van der Waals surface area contributed by atoms with Crippen molar-refractivity contribution >= 4 is 0 Å². The van der Waals surface area contributed by atoms with E-state index in [0.29, 0.717) is 0 Å². The summed E-state index contributed by atoms with van der Waals surface area (Å²) in [5.74, 6) is 5.62. The summed E-state index contributed by atoms with van der Waals surface area (Å²) in [5, 5.41) is 1.82. The minimum absolute atomic E-state index is 0.899. The highest BCUT2D eigenvalue weighted by Crippen LogP contribution is 2.18. The Bertz CT molecular complexity index is 220. The van der Waals surface area contributed by atoms with Crippen molar-refractivity contribution in [2.24, 2.45) is 5.84 Å². The van der Waals surface area contributed by atoms with Crippen LogP contribution in [0.1, 0.15) is 11.1 Å². The molecular formula is C8H10N2. The fourth-order valence-corrected chi connectivity index (χ4v) is 1.36. The van der Waals surface area contributed by atoms with Gasteiger partial charge < -0.3 is 0 Å². The largest absolute Gasteiger partial charge is 0.268 e. The Balaban J connectivity index is 2.42. The van der Waals surface area contributed by atoms with Crippen molar-refractivity contribution in [1.29, 1.82) is 0 Å². The van der Waals surface area contributed by atoms with E-state index in [1.807, 2.05) is 5.01 Å². The number of nitrogens with two attached hydrogens (primary N) is 1. The fourth-order valence-electron chi connectivity index (χ4n) is 1.36. The molecule has 2 nitrogen and oxygen atoms in total. The summed E-state index contributed by atoms with van der Waals surface area (Å²) in [6, 6.07) is 8.36. The van der Waals surface area contributed by atoms with Crippen LogP contribution < -0.4 is 5.84 Å². The molecule has 2 rings (SSSR count). The predicted molar refractivity (Wildman–Crippen MR) is 39.9 cm³/mol. The SMILES string of the molecule is NN1Cc2ccccc2C1. The lowest BCUT2D eigenvalue weighted by Gasteiger charge is -2.02. The van der Waals surface area contributed by atoms with Crippen molar-refractivity contribution in [3.05, 3.63) is 35.4 Å². The molecule has 0 saturated heterocycles. The zero-order chi connectivity index (χ0) is 6.97. The van der Waals surface area contributed by atoms with Crippen molar-refractivity contribution in [2.75, 3.05) is 0 Å². The summed E-state index contributed by atoms with van der Waals surface area (Å²) < 4.78 is 0. The molecule has 0 aliphatic carbocycles. The van der Waals surface area contributed by atoms with Crippen molar-refractivity contribution in [2.45, 2.75) is 13.1 Å². The van der Waals surface area contributed by atoms with E-state index >= 15 is 0 Å². The molecule has 10 heavy (non-hydrogen) atoms. The van der Waals surface area contributed by atoms with Crippen molar-refractivity contribution < 1.29 is 0 Å². The van der Waals surface area contributed by atoms with Gasteiger partial charge in [-0.2, -0.15) is 0 Å². The first kappa shape index (κ1) is 5.89. The molecule has 0 aromatic heterocycles. The number of hydrazine groups is 1. The third-order valence-electron chi connectivity index (χ3n) is 1.87. The average molecular weight is 134 g/mol. The minimum atomic E-state index is 0.899. The standard InChI is InChI=1S/C8H10N2/c9-10-5-7-3-1-2-4-8(7)6-10/h1-4H,5-6,9H2. The van der Waals surface area contributed by atoms with Gasteiger partial charge in [0.05, 0.1) is 0 Å². The summed E-state index contributed by atoms with van der Waals surface area (Å²) in [7, 11) is 0. The molecule has 0 spiro atoms. The first-order chi connectivity index (χ1) is 4.86. The number of benzene rings is 1. The maximum atomic E-state index is 5.62. The third kappa shape index (κ3) is 0.818. The van der Waals surface area contributed by atoms with Crippen LogP contribution in [0.5, 0.6) is 0 Å². The number of fused-ring (bicyclic) bond motifs is 1. The molecule has 0 fully saturated rings. The summed E-state index contributed by atoms with van der Waals surface area (Å²) >= 11 is 0. The number of rotatable bonds is 0. The zero-order valence-electron chi connectivity index (χ0n) is 5.75. The predicted octanol–water partition coefficient (Wildman–Crippen LogP) is 0.876. The van der Waals surface area contributed by atoms with Crippen LogP contribution in [0, 0.1) is 0 Å². The number of nitrogens with zero attached hydrogens (tertiary/aromatic N) is 1. The third-order valence-corrected chi connectivity index (χ3v) is 1.87. The highest BCUT2D eigenvalue weighted by atomic mass is 15.4. The summed E-state index contributed by atoms with van der Waals surface area (Å²) in [6.07, 6.45) is 0. The Morgan fingerprint density at radius 2 is 1.60 bits per heavy atom. The van der Waals surface area contributed by atoms with Crippen molar-refractivity contribution in [1.82, 2.24) is 5.01 Å². The molecule has 0 atom stereocenters. The van der Waals surface area contributed by atoms with Crippen LogP contribution in [0.4, 0.5) is 0 Å². The molecule has 2 N–H and O–H groups in total. The summed E-state index contributed by atoms with van der Waals surface area (Å²) in [6.45, 7) is 1.80. The van der Waals surface area contributed by atoms with E-state index in [9.17, 15) is 0 Å². The monoisotopic (exact) mass is 134 g/mol. The molecule has 0 radical (unpaired) electrons. The van der Waals surface area contributed by atoms with E-state index < -0.39 is 0 Å². The second kappa shape index (κ2) is 2.08. The topological polar surface area (TPSA) is 29.3 Å². The van der Waals surface area contributed by atoms with Gasteiger partial charge in [0.25, 0.3) is 0 Å². The first-order valence-corrected chi connectivity index (χ1v) is 3.43. The van der Waals surface area contributed by atoms with Crippen LogP contribution in [-0.2, 0) is 13.1 Å². The Labute approximate surface area is 60.2 Å². The molecule has 1 aromatic carbocycles. The van der Waals surface area contributed by atoms with Crippen LogP contribution in [0.15, 0.2) is 24.3 Å². The Hall–Kier alpha value is -0.860. The summed E-state index contributed by atoms with van der Waals surface area (Å²) in [5.41, 5.74) is 2.73. The van der Waals surface area contributed by atoms with Gasteiger partial charge in [0.15, 0.2) is 0 Å². The van der Waals surface area contributed by atoms with Crippen molar-refractivity contribution in [3.8, 4) is 0 Å². The maximum Gasteiger partial charge on any atom is 0.0386 e. The Kier molecular flexibility index (Phi) is 1.22. The quantitative estimate of drug-likeness (QED) is 0.533. The maximum absolute atomic E-state index is 5.62. The highest BCUT2D eigenvalue weighted by molar-refractivity contribution is 5.29. The zero-order valence-corrected chi connectivity index (χ0v) is 5.75. The molecule has 0 amide bonds. The Morgan fingerprint density at radius 1 is 1.10 bits per heavy atom. The average Bonchev–Trinajstić information content (AvgIpc) is 2.27. The lowest BCUT2D eigenvalue weighted by molar-refractivity contribution is 0.295. The second-order valence-electron chi connectivity index (χ2n) is 2.67. The van der Waals surface area contributed by atoms with Crippen molar-refractivity contribution in [3.63, 3.8) is 0 Å². The van der Waals surface area contributed by atoms with Gasteiger partial charge in [0, 0.05) is 13.1 Å². The van der Waals surface area contributed by atoms with Crippen LogP contribution in [0.25, 0.3) is 0 Å². The molecule has 1 heterocycles. The van der Waals surface area contributed by atoms with Gasteiger partial charge in [-0.15, -0.1) is 0 Å². The first-order valence-electron chi connectivity index (χ1n) is 3.43. The molecule has 0 unspecified atom stereocenters. The smallest absolute Gasteiger partial charge is 0.0386 e. The van der Waals surface area contributed by atoms with Crippen LogP contribution in [0.3, 0.4) is 0 Å². The van der Waals surface area contributed by atoms with Gasteiger partial charge in [0.1, 0.15) is 0 Å². The molecule has 1 aliphatic heterocycles. The van der Waals surface area contributed by atoms with Gasteiger partial charge in [-0.1, -0.05) is 24.3 Å². The lowest BCUT2D eigenvalue weighted by atomic mass is 10.1. The molecule has 52 valence electrons. The number of hydrogen-bond donors (Lipinski definition) is 1. The molecule has 1 aromatic rings. The van der Waals surface area contributed by atoms with E-state index in [1.165, 1.54) is 11.1 Å². The second-order valence-corrected chi connectivity index (χ2v) is 2.67. The van der Waals surface area contributed by atoms with E-state index in [-0.39, 0.29) is 0 Å². The van der Waals surface area contributed by atoms with Gasteiger partial charge in [0.2, 0.25) is 0 Å². The van der Waals surface area contributed by atoms with E-state index in [2.05, 4.69) is 24.3 Å². The van der Waals surface area contributed by atoms with Gasteiger partial charge >= 0.3 is 0 Å². The van der Waals surface area contributed by atoms with Gasteiger partial charge in [-0.3, -0.25) is 5.84 Å². The van der Waals surface area contributed by atoms with E-state index in [0.717, 1.165) is 13.1 Å². The highest BCUT2D eigenvalue weighted by Gasteiger charge is 2.13. The molecular weight excluding hydrogens is 124 g/mol. The van der Waals surface area contributed by atoms with Crippen LogP contribution >= 0.6 is 0 Å². The van der Waals surface area contributed by atoms with Crippen LogP contribution in [0.2, 0.25) is 0 Å². The molecule has 0 saturated carbocycles. The molecule has 0 bridgehead atoms. The van der Waals surface area contributed by atoms with E-state index in [4.69, 9.17) is 5.84 Å². The Morgan fingerprint density at radius 3 is 2.10 bits per heavy atom. The van der Waals surface area contributed by atoms with E-state index in [1.54, 1.807) is 0 Å². The fraction of sp³-hybridized carbons (Fsp3) is 0.250. The number of hydrogen-bond acceptors (Lipinski definition) is 2. The molecule has 1 aliphatic rings.